The van der Waals surface area contributed by atoms with Gasteiger partial charge < -0.3 is 5.73 Å². The summed E-state index contributed by atoms with van der Waals surface area (Å²) in [6.07, 6.45) is 1.79. The number of rotatable bonds is 5. The van der Waals surface area contributed by atoms with Gasteiger partial charge in [0, 0.05) is 12.1 Å². The highest BCUT2D eigenvalue weighted by Crippen LogP contribution is 2.09. The van der Waals surface area contributed by atoms with E-state index in [0.29, 0.717) is 13.1 Å². The summed E-state index contributed by atoms with van der Waals surface area (Å²) >= 11 is 0. The van der Waals surface area contributed by atoms with Gasteiger partial charge in [0.25, 0.3) is 0 Å². The minimum Gasteiger partial charge on any atom is -0.320 e. The first-order valence-electron chi connectivity index (χ1n) is 5.89. The molecule has 0 aromatic heterocycles. The lowest BCUT2D eigenvalue weighted by atomic mass is 10.2. The van der Waals surface area contributed by atoms with Crippen molar-refractivity contribution in [3.05, 3.63) is 29.8 Å². The van der Waals surface area contributed by atoms with Gasteiger partial charge in [-0.1, -0.05) is 25.2 Å². The average molecular weight is 266 g/mol. The molecular formula is C13H18N2O2S. The van der Waals surface area contributed by atoms with Crippen LogP contribution in [-0.2, 0) is 10.0 Å². The summed E-state index contributed by atoms with van der Waals surface area (Å²) in [5.41, 5.74) is 6.02. The molecule has 1 rings (SSSR count). The molecule has 18 heavy (non-hydrogen) atoms. The van der Waals surface area contributed by atoms with E-state index in [9.17, 15) is 8.42 Å². The number of nitrogens with two attached hydrogens (primary N) is 1. The van der Waals surface area contributed by atoms with Crippen molar-refractivity contribution in [3.63, 3.8) is 0 Å². The Morgan fingerprint density at radius 1 is 1.28 bits per heavy atom. The molecule has 0 radical (unpaired) electrons. The molecule has 3 N–H and O–H groups in total. The first-order valence-corrected chi connectivity index (χ1v) is 7.37. The molecule has 0 amide bonds. The summed E-state index contributed by atoms with van der Waals surface area (Å²) in [5.74, 6) is 5.56. The van der Waals surface area contributed by atoms with Crippen molar-refractivity contribution in [3.8, 4) is 11.8 Å². The van der Waals surface area contributed by atoms with Gasteiger partial charge in [-0.25, -0.2) is 13.1 Å². The van der Waals surface area contributed by atoms with Crippen LogP contribution in [0.25, 0.3) is 0 Å². The third-order valence-corrected chi connectivity index (χ3v) is 3.80. The molecule has 0 aliphatic heterocycles. The Bertz CT molecular complexity index is 524. The molecule has 0 saturated carbocycles. The maximum absolute atomic E-state index is 11.9. The molecule has 0 heterocycles. The fraction of sp³-hybridized carbons (Fsp3) is 0.385. The van der Waals surface area contributed by atoms with Gasteiger partial charge in [-0.15, -0.1) is 0 Å². The molecule has 1 aromatic carbocycles. The minimum absolute atomic E-state index is 0.261. The molecule has 0 aliphatic carbocycles. The molecule has 0 fully saturated rings. The maximum Gasteiger partial charge on any atom is 0.240 e. The Morgan fingerprint density at radius 3 is 2.50 bits per heavy atom. The van der Waals surface area contributed by atoms with E-state index < -0.39 is 10.0 Å². The zero-order valence-corrected chi connectivity index (χ0v) is 11.3. The van der Waals surface area contributed by atoms with E-state index in [1.165, 1.54) is 0 Å². The van der Waals surface area contributed by atoms with Crippen LogP contribution in [0.3, 0.4) is 0 Å². The quantitative estimate of drug-likeness (QED) is 0.618. The van der Waals surface area contributed by atoms with Crippen LogP contribution >= 0.6 is 0 Å². The van der Waals surface area contributed by atoms with Crippen molar-refractivity contribution >= 4 is 10.0 Å². The number of hydrogen-bond acceptors (Lipinski definition) is 3. The third-order valence-electron chi connectivity index (χ3n) is 2.32. The molecule has 5 heteroatoms. The normalized spacial score (nSPS) is 10.8. The molecule has 98 valence electrons. The molecule has 0 atom stereocenters. The molecule has 4 nitrogen and oxygen atoms in total. The number of sulfonamides is 1. The van der Waals surface area contributed by atoms with Gasteiger partial charge in [-0.2, -0.15) is 0 Å². The smallest absolute Gasteiger partial charge is 0.240 e. The molecule has 1 aromatic rings. The highest BCUT2D eigenvalue weighted by atomic mass is 32.2. The highest BCUT2D eigenvalue weighted by Gasteiger charge is 2.12. The lowest BCUT2D eigenvalue weighted by Crippen LogP contribution is -2.24. The van der Waals surface area contributed by atoms with Crippen molar-refractivity contribution in [2.24, 2.45) is 5.73 Å². The van der Waals surface area contributed by atoms with Gasteiger partial charge in [0.05, 0.1) is 11.4 Å². The lowest BCUT2D eigenvalue weighted by molar-refractivity contribution is 0.578. The number of unbranched alkanes of at least 4 members (excludes halogenated alkanes) is 1. The van der Waals surface area contributed by atoms with Crippen molar-refractivity contribution in [2.45, 2.75) is 24.7 Å². The monoisotopic (exact) mass is 266 g/mol. The Morgan fingerprint density at radius 2 is 1.94 bits per heavy atom. The molecule has 0 spiro atoms. The SMILES string of the molecule is CCCCNS(=O)(=O)c1ccc(C#CCN)cc1. The van der Waals surface area contributed by atoms with Gasteiger partial charge in [0.15, 0.2) is 0 Å². The number of benzene rings is 1. The van der Waals surface area contributed by atoms with E-state index in [1.807, 2.05) is 6.92 Å². The van der Waals surface area contributed by atoms with Gasteiger partial charge in [-0.3, -0.25) is 0 Å². The summed E-state index contributed by atoms with van der Waals surface area (Å²) in [6.45, 7) is 2.77. The fourth-order valence-electron chi connectivity index (χ4n) is 1.34. The predicted octanol–water partition coefficient (Wildman–Crippen LogP) is 1.08. The van der Waals surface area contributed by atoms with E-state index in [2.05, 4.69) is 16.6 Å². The van der Waals surface area contributed by atoms with Crippen molar-refractivity contribution in [1.82, 2.24) is 4.72 Å². The van der Waals surface area contributed by atoms with E-state index in [-0.39, 0.29) is 4.90 Å². The average Bonchev–Trinajstić information content (AvgIpc) is 2.37. The highest BCUT2D eigenvalue weighted by molar-refractivity contribution is 7.89. The van der Waals surface area contributed by atoms with Crippen LogP contribution in [-0.4, -0.2) is 21.5 Å². The van der Waals surface area contributed by atoms with E-state index in [4.69, 9.17) is 5.73 Å². The van der Waals surface area contributed by atoms with Gasteiger partial charge in [0.2, 0.25) is 10.0 Å². The Kier molecular flexibility index (Phi) is 5.86. The Balaban J connectivity index is 2.78. The van der Waals surface area contributed by atoms with Gasteiger partial charge in [-0.05, 0) is 30.7 Å². The van der Waals surface area contributed by atoms with E-state index in [0.717, 1.165) is 18.4 Å². The van der Waals surface area contributed by atoms with Gasteiger partial charge >= 0.3 is 0 Å². The van der Waals surface area contributed by atoms with Gasteiger partial charge in [0.1, 0.15) is 0 Å². The van der Waals surface area contributed by atoms with Crippen molar-refractivity contribution < 1.29 is 8.42 Å². The summed E-state index contributed by atoms with van der Waals surface area (Å²) in [6, 6.07) is 6.46. The number of nitrogens with one attached hydrogen (secondary N) is 1. The maximum atomic E-state index is 11.9. The van der Waals surface area contributed by atoms with Crippen LogP contribution in [0.4, 0.5) is 0 Å². The van der Waals surface area contributed by atoms with E-state index >= 15 is 0 Å². The second-order valence-corrected chi connectivity index (χ2v) is 5.55. The van der Waals surface area contributed by atoms with Crippen molar-refractivity contribution in [1.29, 1.82) is 0 Å². The lowest BCUT2D eigenvalue weighted by Gasteiger charge is -2.05. The zero-order chi connectivity index (χ0) is 13.4. The van der Waals surface area contributed by atoms with Crippen molar-refractivity contribution in [2.75, 3.05) is 13.1 Å². The van der Waals surface area contributed by atoms with Crippen LogP contribution in [0.1, 0.15) is 25.3 Å². The third kappa shape index (κ3) is 4.49. The molecule has 0 unspecified atom stereocenters. The van der Waals surface area contributed by atoms with Crippen LogP contribution in [0.2, 0.25) is 0 Å². The Labute approximate surface area is 109 Å². The number of hydrogen-bond donors (Lipinski definition) is 2. The first-order chi connectivity index (χ1) is 8.60. The van der Waals surface area contributed by atoms with Crippen LogP contribution in [0.5, 0.6) is 0 Å². The predicted molar refractivity (Wildman–Crippen MR) is 72.5 cm³/mol. The molecular weight excluding hydrogens is 248 g/mol. The molecule has 0 saturated heterocycles. The standard InChI is InChI=1S/C13H18N2O2S/c1-2-3-11-15-18(16,17)13-8-6-12(7-9-13)5-4-10-14/h6-9,15H,2-3,10-11,14H2,1H3. The minimum atomic E-state index is -3.39. The summed E-state index contributed by atoms with van der Waals surface area (Å²) in [7, 11) is -3.39. The summed E-state index contributed by atoms with van der Waals surface area (Å²) < 4.78 is 26.3. The first kappa shape index (κ1) is 14.7. The van der Waals surface area contributed by atoms with Crippen LogP contribution < -0.4 is 10.5 Å². The summed E-state index contributed by atoms with van der Waals surface area (Å²) in [4.78, 5) is 0.261. The Hall–Kier alpha value is -1.35. The molecule has 0 aliphatic rings. The van der Waals surface area contributed by atoms with Crippen LogP contribution in [0.15, 0.2) is 29.2 Å². The second-order valence-electron chi connectivity index (χ2n) is 3.78. The fourth-order valence-corrected chi connectivity index (χ4v) is 2.41. The summed E-state index contributed by atoms with van der Waals surface area (Å²) in [5, 5.41) is 0. The largest absolute Gasteiger partial charge is 0.320 e. The van der Waals surface area contributed by atoms with E-state index in [1.54, 1.807) is 24.3 Å². The topological polar surface area (TPSA) is 72.2 Å². The molecule has 0 bridgehead atoms. The zero-order valence-electron chi connectivity index (χ0n) is 10.4. The second kappa shape index (κ2) is 7.17. The van der Waals surface area contributed by atoms with Crippen LogP contribution in [0, 0.1) is 11.8 Å².